The van der Waals surface area contributed by atoms with Crippen LogP contribution < -0.4 is 0 Å². The first-order valence-electron chi connectivity index (χ1n) is 6.63. The van der Waals surface area contributed by atoms with E-state index < -0.39 is 0 Å². The van der Waals surface area contributed by atoms with Crippen LogP contribution in [-0.4, -0.2) is 47.3 Å². The van der Waals surface area contributed by atoms with Gasteiger partial charge in [0.15, 0.2) is 0 Å². The molecule has 0 aromatic rings. The van der Waals surface area contributed by atoms with E-state index in [1.54, 1.807) is 0 Å². The second-order valence-electron chi connectivity index (χ2n) is 5.53. The zero-order chi connectivity index (χ0) is 12.6. The maximum Gasteiger partial charge on any atom is 0.308 e. The predicted molar refractivity (Wildman–Crippen MR) is 64.5 cm³/mol. The fourth-order valence-electron chi connectivity index (χ4n) is 2.95. The Kier molecular flexibility index (Phi) is 3.73. The highest BCUT2D eigenvalue weighted by Crippen LogP contribution is 2.36. The summed E-state index contributed by atoms with van der Waals surface area (Å²) in [6.07, 6.45) is 2.98. The van der Waals surface area contributed by atoms with Crippen molar-refractivity contribution in [2.45, 2.75) is 63.8 Å². The summed E-state index contributed by atoms with van der Waals surface area (Å²) in [5, 5.41) is 9.75. The number of carbonyl (C=O) groups excluding carboxylic acids is 1. The summed E-state index contributed by atoms with van der Waals surface area (Å²) in [5.41, 5.74) is 0. The number of hydrogen-bond donors (Lipinski definition) is 1. The molecule has 2 fully saturated rings. The zero-order valence-electron chi connectivity index (χ0n) is 10.9. The number of nitrogens with zero attached hydrogens (tertiary/aromatic N) is 1. The van der Waals surface area contributed by atoms with Crippen LogP contribution in [-0.2, 0) is 9.53 Å². The lowest BCUT2D eigenvalue weighted by Crippen LogP contribution is -2.45. The number of hydrogen-bond acceptors (Lipinski definition) is 4. The van der Waals surface area contributed by atoms with Crippen LogP contribution in [0.3, 0.4) is 0 Å². The number of piperidine rings is 1. The van der Waals surface area contributed by atoms with E-state index in [4.69, 9.17) is 4.74 Å². The number of aliphatic hydroxyl groups excluding tert-OH is 1. The van der Waals surface area contributed by atoms with Crippen molar-refractivity contribution < 1.29 is 14.6 Å². The second kappa shape index (κ2) is 4.94. The number of rotatable bonds is 3. The smallest absolute Gasteiger partial charge is 0.308 e. The van der Waals surface area contributed by atoms with Crippen LogP contribution >= 0.6 is 0 Å². The molecule has 2 aliphatic heterocycles. The molecule has 3 unspecified atom stereocenters. The Morgan fingerprint density at radius 2 is 2.18 bits per heavy atom. The van der Waals surface area contributed by atoms with Gasteiger partial charge in [-0.25, -0.2) is 0 Å². The zero-order valence-corrected chi connectivity index (χ0v) is 10.9. The van der Waals surface area contributed by atoms with E-state index in [1.807, 2.05) is 13.8 Å². The molecule has 0 radical (unpaired) electrons. The van der Waals surface area contributed by atoms with Crippen LogP contribution in [0.5, 0.6) is 0 Å². The number of aliphatic hydroxyl groups is 1. The number of fused-ring (bicyclic) bond motifs is 2. The van der Waals surface area contributed by atoms with Gasteiger partial charge in [-0.2, -0.15) is 0 Å². The molecule has 0 saturated carbocycles. The number of ether oxygens (including phenoxy) is 1. The van der Waals surface area contributed by atoms with Crippen molar-refractivity contribution in [3.05, 3.63) is 0 Å². The molecule has 17 heavy (non-hydrogen) atoms. The average Bonchev–Trinajstić information content (AvgIpc) is 2.49. The minimum atomic E-state index is -0.228. The quantitative estimate of drug-likeness (QED) is 0.754. The van der Waals surface area contributed by atoms with Crippen LogP contribution in [0.15, 0.2) is 0 Å². The number of carbonyl (C=O) groups is 1. The van der Waals surface area contributed by atoms with Crippen LogP contribution in [0.25, 0.3) is 0 Å². The van der Waals surface area contributed by atoms with E-state index in [1.165, 1.54) is 0 Å². The highest BCUT2D eigenvalue weighted by atomic mass is 16.5. The summed E-state index contributed by atoms with van der Waals surface area (Å²) in [7, 11) is 2.07. The number of likely N-dealkylation sites (N-methyl/N-ethyl adjacent to an activating group) is 1. The van der Waals surface area contributed by atoms with Gasteiger partial charge in [0.05, 0.1) is 12.0 Å². The maximum atomic E-state index is 11.8. The lowest BCUT2D eigenvalue weighted by molar-refractivity contribution is -0.155. The molecule has 5 atom stereocenters. The molecule has 2 aliphatic rings. The van der Waals surface area contributed by atoms with E-state index in [0.717, 1.165) is 25.7 Å². The van der Waals surface area contributed by atoms with Crippen molar-refractivity contribution >= 4 is 5.97 Å². The molecule has 0 aromatic heterocycles. The topological polar surface area (TPSA) is 49.8 Å². The Hall–Kier alpha value is -0.610. The first-order chi connectivity index (χ1) is 8.02. The molecule has 2 rings (SSSR count). The SMILES string of the molecule is CCC(C)C(=O)OC1C[C@@H]2CC(O)C[C@H]1N2C. The third kappa shape index (κ3) is 2.47. The third-order valence-corrected chi connectivity index (χ3v) is 4.37. The van der Waals surface area contributed by atoms with E-state index in [-0.39, 0.29) is 30.1 Å². The molecule has 2 bridgehead atoms. The minimum Gasteiger partial charge on any atom is -0.460 e. The van der Waals surface area contributed by atoms with Gasteiger partial charge in [0.2, 0.25) is 0 Å². The second-order valence-corrected chi connectivity index (χ2v) is 5.53. The van der Waals surface area contributed by atoms with Gasteiger partial charge in [-0.3, -0.25) is 9.69 Å². The Bertz CT molecular complexity index is 294. The molecule has 0 spiro atoms. The maximum absolute atomic E-state index is 11.8. The van der Waals surface area contributed by atoms with Crippen molar-refractivity contribution in [1.82, 2.24) is 4.90 Å². The summed E-state index contributed by atoms with van der Waals surface area (Å²) in [5.74, 6) is -0.112. The van der Waals surface area contributed by atoms with Gasteiger partial charge in [0, 0.05) is 18.5 Å². The molecule has 98 valence electrons. The lowest BCUT2D eigenvalue weighted by Gasteiger charge is -2.34. The van der Waals surface area contributed by atoms with Crippen LogP contribution in [0.1, 0.15) is 39.5 Å². The summed E-state index contributed by atoms with van der Waals surface area (Å²) in [4.78, 5) is 14.1. The van der Waals surface area contributed by atoms with Gasteiger partial charge in [0.25, 0.3) is 0 Å². The van der Waals surface area contributed by atoms with Crippen molar-refractivity contribution in [1.29, 1.82) is 0 Å². The van der Waals surface area contributed by atoms with Gasteiger partial charge < -0.3 is 9.84 Å². The monoisotopic (exact) mass is 241 g/mol. The van der Waals surface area contributed by atoms with Crippen LogP contribution in [0.4, 0.5) is 0 Å². The molecule has 0 aliphatic carbocycles. The van der Waals surface area contributed by atoms with Crippen molar-refractivity contribution in [2.24, 2.45) is 5.92 Å². The van der Waals surface area contributed by atoms with Crippen molar-refractivity contribution in [2.75, 3.05) is 7.05 Å². The fourth-order valence-corrected chi connectivity index (χ4v) is 2.95. The molecule has 0 aromatic carbocycles. The van der Waals surface area contributed by atoms with Crippen LogP contribution in [0, 0.1) is 5.92 Å². The summed E-state index contributed by atoms with van der Waals surface area (Å²) in [6.45, 7) is 3.90. The molecule has 2 saturated heterocycles. The lowest BCUT2D eigenvalue weighted by atomic mass is 10.0. The first kappa shape index (κ1) is 12.8. The summed E-state index contributed by atoms with van der Waals surface area (Å²) in [6, 6.07) is 0.579. The highest BCUT2D eigenvalue weighted by Gasteiger charge is 2.46. The molecule has 0 amide bonds. The van der Waals surface area contributed by atoms with Gasteiger partial charge in [-0.05, 0) is 26.3 Å². The Balaban J connectivity index is 1.97. The van der Waals surface area contributed by atoms with Gasteiger partial charge in [-0.1, -0.05) is 13.8 Å². The van der Waals surface area contributed by atoms with Crippen LogP contribution in [0.2, 0.25) is 0 Å². The normalized spacial score (nSPS) is 39.1. The Labute approximate surface area is 103 Å². The predicted octanol–water partition coefficient (Wildman–Crippen LogP) is 1.17. The molecule has 4 nitrogen and oxygen atoms in total. The summed E-state index contributed by atoms with van der Waals surface area (Å²) >= 11 is 0. The third-order valence-electron chi connectivity index (χ3n) is 4.37. The van der Waals surface area contributed by atoms with E-state index in [9.17, 15) is 9.90 Å². The van der Waals surface area contributed by atoms with Gasteiger partial charge in [-0.15, -0.1) is 0 Å². The van der Waals surface area contributed by atoms with Gasteiger partial charge in [0.1, 0.15) is 6.10 Å². The number of esters is 1. The average molecular weight is 241 g/mol. The standard InChI is InChI=1S/C13H23NO3/c1-4-8(2)13(16)17-12-6-9-5-10(15)7-11(12)14(9)3/h8-12,15H,4-7H2,1-3H3/t8?,9-,10?,11+,12?/m0/s1. The van der Waals surface area contributed by atoms with Gasteiger partial charge >= 0.3 is 5.97 Å². The van der Waals surface area contributed by atoms with Crippen molar-refractivity contribution in [3.63, 3.8) is 0 Å². The highest BCUT2D eigenvalue weighted by molar-refractivity contribution is 5.72. The summed E-state index contributed by atoms with van der Waals surface area (Å²) < 4.78 is 5.60. The molecule has 4 heteroatoms. The molecular formula is C13H23NO3. The largest absolute Gasteiger partial charge is 0.460 e. The minimum absolute atomic E-state index is 0.0225. The van der Waals surface area contributed by atoms with E-state index >= 15 is 0 Å². The first-order valence-corrected chi connectivity index (χ1v) is 6.63. The molecular weight excluding hydrogens is 218 g/mol. The Morgan fingerprint density at radius 3 is 2.82 bits per heavy atom. The van der Waals surface area contributed by atoms with E-state index in [2.05, 4.69) is 11.9 Å². The van der Waals surface area contributed by atoms with E-state index in [0.29, 0.717) is 6.04 Å². The fraction of sp³-hybridized carbons (Fsp3) is 0.923. The molecule has 2 heterocycles. The molecule has 1 N–H and O–H groups in total. The Morgan fingerprint density at radius 1 is 1.47 bits per heavy atom. The van der Waals surface area contributed by atoms with Crippen molar-refractivity contribution in [3.8, 4) is 0 Å².